The molecule has 3 aromatic rings. The number of benzene rings is 3. The molecular weight excluding hydrogens is 494 g/mol. The number of nitrogens with one attached hydrogen (secondary N) is 1. The van der Waals surface area contributed by atoms with Gasteiger partial charge >= 0.3 is 0 Å². The zero-order valence-electron chi connectivity index (χ0n) is 16.9. The number of rotatable bonds is 8. The summed E-state index contributed by atoms with van der Waals surface area (Å²) < 4.78 is 41.9. The van der Waals surface area contributed by atoms with Crippen LogP contribution < -0.4 is 5.32 Å². The van der Waals surface area contributed by atoms with E-state index in [1.54, 1.807) is 12.1 Å². The van der Waals surface area contributed by atoms with Gasteiger partial charge in [0.25, 0.3) is 0 Å². The van der Waals surface area contributed by atoms with Gasteiger partial charge in [0.1, 0.15) is 5.82 Å². The monoisotopic (exact) mass is 512 g/mol. The molecule has 0 saturated carbocycles. The summed E-state index contributed by atoms with van der Waals surface area (Å²) in [6, 6.07) is 16.7. The van der Waals surface area contributed by atoms with Crippen LogP contribution in [0.5, 0.6) is 0 Å². The lowest BCUT2D eigenvalue weighted by Gasteiger charge is -2.23. The van der Waals surface area contributed by atoms with Crippen molar-refractivity contribution in [3.05, 3.63) is 88.2 Å². The highest BCUT2D eigenvalue weighted by Crippen LogP contribution is 2.27. The minimum atomic E-state index is -4.17. The van der Waals surface area contributed by atoms with E-state index in [2.05, 4.69) is 5.32 Å². The average molecular weight is 513 g/mol. The number of hydrogen-bond donors (Lipinski definition) is 1. The van der Waals surface area contributed by atoms with E-state index < -0.39 is 34.8 Å². The molecule has 5 nitrogen and oxygen atoms in total. The zero-order chi connectivity index (χ0) is 23.3. The van der Waals surface area contributed by atoms with Crippen LogP contribution in [0.3, 0.4) is 0 Å². The van der Waals surface area contributed by atoms with E-state index in [0.29, 0.717) is 10.7 Å². The molecule has 10 heteroatoms. The average Bonchev–Trinajstić information content (AvgIpc) is 2.76. The maximum Gasteiger partial charge on any atom is 0.243 e. The first-order chi connectivity index (χ1) is 15.2. The first kappa shape index (κ1) is 24.5. The van der Waals surface area contributed by atoms with E-state index in [-0.39, 0.29) is 15.5 Å². The summed E-state index contributed by atoms with van der Waals surface area (Å²) in [5.41, 5.74) is 0.529. The Balaban J connectivity index is 1.94. The van der Waals surface area contributed by atoms with Crippen LogP contribution in [0.2, 0.25) is 10.0 Å². The van der Waals surface area contributed by atoms with Crippen molar-refractivity contribution in [2.45, 2.75) is 16.3 Å². The Morgan fingerprint density at radius 2 is 1.72 bits per heavy atom. The number of carbonyl (C=O) groups excluding carboxylic acids is 1. The van der Waals surface area contributed by atoms with Gasteiger partial charge in [-0.15, -0.1) is 11.8 Å². The Labute approximate surface area is 200 Å². The van der Waals surface area contributed by atoms with Crippen LogP contribution in [-0.4, -0.2) is 31.4 Å². The highest BCUT2D eigenvalue weighted by atomic mass is 35.5. The van der Waals surface area contributed by atoms with E-state index in [4.69, 9.17) is 23.2 Å². The third-order valence-electron chi connectivity index (χ3n) is 4.55. The Kier molecular flexibility index (Phi) is 8.19. The fraction of sp³-hybridized carbons (Fsp3) is 0.136. The molecule has 0 aliphatic heterocycles. The standard InChI is InChI=1S/C22H19Cl2FN2O3S2/c1-31-21-8-3-2-7-20(21)26-22(28)14-27(13-17-18(24)5-4-6-19(17)25)32(29,30)16-11-9-15(23)10-12-16/h2-12H,13-14H2,1H3,(H,26,28). The van der Waals surface area contributed by atoms with Gasteiger partial charge in [-0.3, -0.25) is 4.79 Å². The van der Waals surface area contributed by atoms with E-state index in [1.807, 2.05) is 18.4 Å². The molecule has 0 spiro atoms. The molecule has 0 heterocycles. The summed E-state index contributed by atoms with van der Waals surface area (Å²) in [5.74, 6) is -1.24. The number of sulfonamides is 1. The number of halogens is 3. The molecule has 0 radical (unpaired) electrons. The topological polar surface area (TPSA) is 66.5 Å². The SMILES string of the molecule is CSc1ccccc1NC(=O)CN(Cc1c(F)cccc1Cl)S(=O)(=O)c1ccc(Cl)cc1. The molecule has 0 saturated heterocycles. The highest BCUT2D eigenvalue weighted by molar-refractivity contribution is 7.98. The largest absolute Gasteiger partial charge is 0.324 e. The molecule has 0 aromatic heterocycles. The number of para-hydroxylation sites is 1. The number of amides is 1. The first-order valence-electron chi connectivity index (χ1n) is 9.34. The molecular formula is C22H19Cl2FN2O3S2. The summed E-state index contributed by atoms with van der Waals surface area (Å²) in [4.78, 5) is 13.6. The number of anilines is 1. The van der Waals surface area contributed by atoms with Crippen LogP contribution in [0.1, 0.15) is 5.56 Å². The molecule has 1 N–H and O–H groups in total. The Morgan fingerprint density at radius 3 is 2.38 bits per heavy atom. The minimum absolute atomic E-state index is 0.0241. The Hall–Kier alpha value is -2.10. The van der Waals surface area contributed by atoms with Crippen molar-refractivity contribution in [2.75, 3.05) is 18.1 Å². The normalized spacial score (nSPS) is 11.5. The third-order valence-corrected chi connectivity index (χ3v) is 7.76. The zero-order valence-corrected chi connectivity index (χ0v) is 20.0. The number of thioether (sulfide) groups is 1. The predicted molar refractivity (Wildman–Crippen MR) is 127 cm³/mol. The quantitative estimate of drug-likeness (QED) is 0.394. The molecule has 0 atom stereocenters. The van der Waals surface area contributed by atoms with Crippen molar-refractivity contribution in [2.24, 2.45) is 0 Å². The molecule has 3 rings (SSSR count). The summed E-state index contributed by atoms with van der Waals surface area (Å²) in [6.45, 7) is -0.966. The molecule has 0 fully saturated rings. The Bertz CT molecular complexity index is 1200. The smallest absolute Gasteiger partial charge is 0.243 e. The van der Waals surface area contributed by atoms with Crippen molar-refractivity contribution >= 4 is 56.6 Å². The number of hydrogen-bond acceptors (Lipinski definition) is 4. The lowest BCUT2D eigenvalue weighted by atomic mass is 10.2. The fourth-order valence-electron chi connectivity index (χ4n) is 2.94. The van der Waals surface area contributed by atoms with Crippen LogP contribution in [0.4, 0.5) is 10.1 Å². The lowest BCUT2D eigenvalue weighted by Crippen LogP contribution is -2.38. The van der Waals surface area contributed by atoms with Crippen LogP contribution in [0.15, 0.2) is 76.5 Å². The molecule has 0 bridgehead atoms. The molecule has 0 aliphatic carbocycles. The van der Waals surface area contributed by atoms with Gasteiger partial charge in [-0.25, -0.2) is 12.8 Å². The molecule has 1 amide bonds. The van der Waals surface area contributed by atoms with Gasteiger partial charge in [0.15, 0.2) is 0 Å². The van der Waals surface area contributed by atoms with Gasteiger partial charge < -0.3 is 5.32 Å². The molecule has 3 aromatic carbocycles. The van der Waals surface area contributed by atoms with E-state index >= 15 is 0 Å². The molecule has 0 unspecified atom stereocenters. The fourth-order valence-corrected chi connectivity index (χ4v) is 5.21. The first-order valence-corrected chi connectivity index (χ1v) is 12.8. The van der Waals surface area contributed by atoms with Crippen molar-refractivity contribution in [3.8, 4) is 0 Å². The van der Waals surface area contributed by atoms with Crippen molar-refractivity contribution in [3.63, 3.8) is 0 Å². The molecule has 0 aliphatic rings. The summed E-state index contributed by atoms with van der Waals surface area (Å²) in [6.07, 6.45) is 1.86. The Morgan fingerprint density at radius 1 is 1.03 bits per heavy atom. The van der Waals surface area contributed by atoms with Gasteiger partial charge in [-0.1, -0.05) is 41.4 Å². The van der Waals surface area contributed by atoms with Crippen LogP contribution in [-0.2, 0) is 21.4 Å². The minimum Gasteiger partial charge on any atom is -0.324 e. The summed E-state index contributed by atoms with van der Waals surface area (Å²) in [5, 5.41) is 3.15. The van der Waals surface area contributed by atoms with Gasteiger partial charge in [0.05, 0.1) is 17.1 Å². The van der Waals surface area contributed by atoms with Crippen LogP contribution in [0.25, 0.3) is 0 Å². The number of nitrogens with zero attached hydrogens (tertiary/aromatic N) is 1. The van der Waals surface area contributed by atoms with Crippen LogP contribution >= 0.6 is 35.0 Å². The van der Waals surface area contributed by atoms with Gasteiger partial charge in [-0.05, 0) is 54.8 Å². The second kappa shape index (κ2) is 10.7. The third kappa shape index (κ3) is 5.82. The van der Waals surface area contributed by atoms with E-state index in [1.165, 1.54) is 54.2 Å². The van der Waals surface area contributed by atoms with E-state index in [9.17, 15) is 17.6 Å². The van der Waals surface area contributed by atoms with Gasteiger partial charge in [0, 0.05) is 27.0 Å². The maximum absolute atomic E-state index is 14.4. The lowest BCUT2D eigenvalue weighted by molar-refractivity contribution is -0.116. The van der Waals surface area contributed by atoms with Crippen molar-refractivity contribution in [1.29, 1.82) is 0 Å². The summed E-state index contributed by atoms with van der Waals surface area (Å²) in [7, 11) is -4.17. The highest BCUT2D eigenvalue weighted by Gasteiger charge is 2.29. The van der Waals surface area contributed by atoms with E-state index in [0.717, 1.165) is 9.20 Å². The van der Waals surface area contributed by atoms with Gasteiger partial charge in [0.2, 0.25) is 15.9 Å². The maximum atomic E-state index is 14.4. The van der Waals surface area contributed by atoms with Gasteiger partial charge in [-0.2, -0.15) is 4.31 Å². The second-order valence-electron chi connectivity index (χ2n) is 6.68. The second-order valence-corrected chi connectivity index (χ2v) is 10.3. The van der Waals surface area contributed by atoms with Crippen molar-refractivity contribution < 1.29 is 17.6 Å². The van der Waals surface area contributed by atoms with Crippen LogP contribution in [0, 0.1) is 5.82 Å². The molecule has 32 heavy (non-hydrogen) atoms. The molecule has 168 valence electrons. The number of carbonyl (C=O) groups is 1. The summed E-state index contributed by atoms with van der Waals surface area (Å²) >= 11 is 13.4. The van der Waals surface area contributed by atoms with Crippen molar-refractivity contribution in [1.82, 2.24) is 4.31 Å². The predicted octanol–water partition coefficient (Wildman–Crippen LogP) is 5.68.